The van der Waals surface area contributed by atoms with E-state index < -0.39 is 29.0 Å². The van der Waals surface area contributed by atoms with E-state index in [1.165, 1.54) is 4.90 Å². The number of carbonyl (C=O) groups is 3. The van der Waals surface area contributed by atoms with Crippen molar-refractivity contribution < 1.29 is 29.0 Å². The van der Waals surface area contributed by atoms with Gasteiger partial charge in [0.15, 0.2) is 6.04 Å². The minimum atomic E-state index is -1.10. The zero-order chi connectivity index (χ0) is 37.9. The Morgan fingerprint density at radius 2 is 1.78 bits per heavy atom. The van der Waals surface area contributed by atoms with E-state index >= 15 is 0 Å². The average Bonchev–Trinajstić information content (AvgIpc) is 3.91. The van der Waals surface area contributed by atoms with E-state index in [0.717, 1.165) is 36.1 Å². The Labute approximate surface area is 323 Å². The smallest absolute Gasteiger partial charge is 0.328 e. The van der Waals surface area contributed by atoms with Crippen LogP contribution >= 0.6 is 23.2 Å². The lowest BCUT2D eigenvalue weighted by molar-refractivity contribution is -0.147. The minimum absolute atomic E-state index is 0.0507. The van der Waals surface area contributed by atoms with Gasteiger partial charge >= 0.3 is 12.0 Å². The SMILES string of the molecule is COc1ccc(C2C=NN=N2)cc1C(=O)N1CCC(CCN2CCC(NC(=O)N3CCOCC3C(=O)O)(c3ccncc3)CC2)(c2ccc(Cl)c(Cl)c2)C1. The Morgan fingerprint density at radius 3 is 2.48 bits per heavy atom. The Hall–Kier alpha value is -4.63. The number of nitrogens with one attached hydrogen (secondary N) is 1. The van der Waals surface area contributed by atoms with E-state index in [2.05, 4.69) is 30.6 Å². The summed E-state index contributed by atoms with van der Waals surface area (Å²) in [6.45, 7) is 3.52. The monoisotopic (exact) mass is 776 g/mol. The number of hydrogen-bond acceptors (Lipinski definition) is 10. The van der Waals surface area contributed by atoms with Crippen molar-refractivity contribution in [1.82, 2.24) is 25.0 Å². The highest BCUT2D eigenvalue weighted by atomic mass is 35.5. The first-order valence-electron chi connectivity index (χ1n) is 18.0. The number of amides is 3. The molecule has 3 unspecified atom stereocenters. The molecule has 0 radical (unpaired) electrons. The first-order valence-corrected chi connectivity index (χ1v) is 18.8. The standard InChI is InChI=1S/C38H42Cl2N8O6/c1-53-33-5-2-25(31-22-42-45-44-31)20-28(33)34(49)47-17-9-37(24-47,27-3-4-29(39)30(40)21-27)8-14-46-15-10-38(11-16-46,26-6-12-41-13-7-26)43-36(52)48-18-19-54-23-32(48)35(50)51/h2-7,12-13,20-22,31-32H,8-11,14-19,23-24H2,1H3,(H,43,52)(H,50,51). The lowest BCUT2D eigenvalue weighted by Gasteiger charge is -2.45. The number of hydrogen-bond donors (Lipinski definition) is 2. The second-order valence-corrected chi connectivity index (χ2v) is 15.0. The van der Waals surface area contributed by atoms with Crippen LogP contribution in [0.5, 0.6) is 5.75 Å². The van der Waals surface area contributed by atoms with Crippen LogP contribution in [0, 0.1) is 0 Å². The summed E-state index contributed by atoms with van der Waals surface area (Å²) in [5.74, 6) is -0.753. The molecule has 16 heteroatoms. The second-order valence-electron chi connectivity index (χ2n) is 14.2. The summed E-state index contributed by atoms with van der Waals surface area (Å²) < 4.78 is 11.0. The third kappa shape index (κ3) is 7.65. The molecule has 3 fully saturated rings. The number of urea groups is 1. The number of nitrogens with zero attached hydrogens (tertiary/aromatic N) is 7. The van der Waals surface area contributed by atoms with Gasteiger partial charge in [-0.25, -0.2) is 9.59 Å². The molecule has 7 rings (SSSR count). The van der Waals surface area contributed by atoms with E-state index in [9.17, 15) is 19.5 Å². The topological polar surface area (TPSA) is 162 Å². The summed E-state index contributed by atoms with van der Waals surface area (Å²) in [7, 11) is 1.55. The fourth-order valence-electron chi connectivity index (χ4n) is 8.08. The third-order valence-corrected chi connectivity index (χ3v) is 12.0. The molecule has 4 aliphatic heterocycles. The number of carboxylic acid groups (broad SMARTS) is 1. The number of methoxy groups -OCH3 is 1. The van der Waals surface area contributed by atoms with Gasteiger partial charge in [0.1, 0.15) is 11.8 Å². The Morgan fingerprint density at radius 1 is 0.981 bits per heavy atom. The van der Waals surface area contributed by atoms with Crippen molar-refractivity contribution in [1.29, 1.82) is 0 Å². The number of pyridine rings is 1. The van der Waals surface area contributed by atoms with Crippen LogP contribution < -0.4 is 10.1 Å². The van der Waals surface area contributed by atoms with Crippen molar-refractivity contribution in [3.63, 3.8) is 0 Å². The van der Waals surface area contributed by atoms with Gasteiger partial charge in [-0.1, -0.05) is 35.3 Å². The van der Waals surface area contributed by atoms with Crippen LogP contribution in [0.4, 0.5) is 4.79 Å². The summed E-state index contributed by atoms with van der Waals surface area (Å²) in [5.41, 5.74) is 2.07. The first-order chi connectivity index (χ1) is 26.1. The normalized spacial score (nSPS) is 23.8. The molecule has 2 aromatic carbocycles. The highest BCUT2D eigenvalue weighted by Crippen LogP contribution is 2.42. The molecule has 0 aliphatic carbocycles. The summed E-state index contributed by atoms with van der Waals surface area (Å²) >= 11 is 12.9. The number of likely N-dealkylation sites (tertiary alicyclic amines) is 2. The van der Waals surface area contributed by atoms with Crippen LogP contribution in [0.3, 0.4) is 0 Å². The molecule has 3 amide bonds. The third-order valence-electron chi connectivity index (χ3n) is 11.3. The van der Waals surface area contributed by atoms with E-state index in [-0.39, 0.29) is 31.7 Å². The lowest BCUT2D eigenvalue weighted by Crippen LogP contribution is -2.61. The molecule has 0 spiro atoms. The fourth-order valence-corrected chi connectivity index (χ4v) is 8.38. The van der Waals surface area contributed by atoms with Crippen LogP contribution in [0.25, 0.3) is 0 Å². The van der Waals surface area contributed by atoms with Crippen molar-refractivity contribution in [2.75, 3.05) is 59.6 Å². The number of aromatic nitrogens is 1. The molecule has 0 bridgehead atoms. The quantitative estimate of drug-likeness (QED) is 0.271. The van der Waals surface area contributed by atoms with E-state index in [1.54, 1.807) is 31.8 Å². The minimum Gasteiger partial charge on any atom is -0.496 e. The number of piperidine rings is 1. The highest BCUT2D eigenvalue weighted by Gasteiger charge is 2.45. The second kappa shape index (κ2) is 16.0. The van der Waals surface area contributed by atoms with Gasteiger partial charge in [-0.15, -0.1) is 5.10 Å². The van der Waals surface area contributed by atoms with Crippen LogP contribution in [0.1, 0.15) is 58.8 Å². The summed E-state index contributed by atoms with van der Waals surface area (Å²) in [6.07, 6.45) is 7.73. The molecule has 3 aromatic rings. The van der Waals surface area contributed by atoms with Crippen LogP contribution in [0.15, 0.2) is 76.4 Å². The number of aliphatic carboxylic acids is 1. The molecule has 4 aliphatic rings. The Bertz CT molecular complexity index is 1930. The number of carboxylic acids is 1. The van der Waals surface area contributed by atoms with Gasteiger partial charge in [0, 0.05) is 50.5 Å². The van der Waals surface area contributed by atoms with Crippen LogP contribution in [-0.4, -0.2) is 115 Å². The molecular formula is C38H42Cl2N8O6. The first kappa shape index (κ1) is 37.7. The zero-order valence-corrected chi connectivity index (χ0v) is 31.4. The van der Waals surface area contributed by atoms with Crippen LogP contribution in [-0.2, 0) is 20.5 Å². The largest absolute Gasteiger partial charge is 0.496 e. The van der Waals surface area contributed by atoms with E-state index in [0.29, 0.717) is 60.4 Å². The molecule has 3 saturated heterocycles. The van der Waals surface area contributed by atoms with Crippen molar-refractivity contribution in [3.8, 4) is 5.75 Å². The highest BCUT2D eigenvalue weighted by molar-refractivity contribution is 6.42. The Kier molecular flexibility index (Phi) is 11.2. The van der Waals surface area contributed by atoms with E-state index in [1.807, 2.05) is 47.4 Å². The lowest BCUT2D eigenvalue weighted by atomic mass is 9.76. The van der Waals surface area contributed by atoms with Crippen molar-refractivity contribution >= 4 is 47.3 Å². The molecular weight excluding hydrogens is 735 g/mol. The van der Waals surface area contributed by atoms with Gasteiger partial charge < -0.3 is 34.6 Å². The number of benzene rings is 2. The van der Waals surface area contributed by atoms with Crippen LogP contribution in [0.2, 0.25) is 10.0 Å². The Balaban J connectivity index is 1.09. The van der Waals surface area contributed by atoms with Gasteiger partial charge in [0.05, 0.1) is 47.7 Å². The van der Waals surface area contributed by atoms with Gasteiger partial charge in [0.2, 0.25) is 0 Å². The summed E-state index contributed by atoms with van der Waals surface area (Å²) in [5, 5.41) is 25.7. The van der Waals surface area contributed by atoms with E-state index in [4.69, 9.17) is 32.7 Å². The number of rotatable bonds is 10. The summed E-state index contributed by atoms with van der Waals surface area (Å²) in [4.78, 5) is 49.7. The maximum atomic E-state index is 14.2. The predicted octanol–water partition coefficient (Wildman–Crippen LogP) is 5.55. The van der Waals surface area contributed by atoms with Gasteiger partial charge in [-0.3, -0.25) is 9.78 Å². The zero-order valence-electron chi connectivity index (χ0n) is 29.9. The van der Waals surface area contributed by atoms with Crippen molar-refractivity contribution in [3.05, 3.63) is 93.2 Å². The number of carbonyl (C=O) groups excluding carboxylic acids is 2. The van der Waals surface area contributed by atoms with Crippen molar-refractivity contribution in [2.24, 2.45) is 15.4 Å². The van der Waals surface area contributed by atoms with Gasteiger partial charge in [-0.2, -0.15) is 5.11 Å². The van der Waals surface area contributed by atoms with Gasteiger partial charge in [-0.05, 0) is 90.5 Å². The number of morpholine rings is 1. The number of halogens is 2. The molecule has 5 heterocycles. The summed E-state index contributed by atoms with van der Waals surface area (Å²) in [6, 6.07) is 13.2. The molecule has 0 saturated carbocycles. The molecule has 284 valence electrons. The molecule has 3 atom stereocenters. The average molecular weight is 778 g/mol. The molecule has 2 N–H and O–H groups in total. The fraction of sp³-hybridized carbons (Fsp3) is 0.447. The number of ether oxygens (including phenoxy) is 2. The maximum absolute atomic E-state index is 14.2. The predicted molar refractivity (Wildman–Crippen MR) is 201 cm³/mol. The molecule has 54 heavy (non-hydrogen) atoms. The molecule has 1 aromatic heterocycles. The van der Waals surface area contributed by atoms with Gasteiger partial charge in [0.25, 0.3) is 5.91 Å². The maximum Gasteiger partial charge on any atom is 0.328 e. The van der Waals surface area contributed by atoms with Crippen molar-refractivity contribution in [2.45, 2.75) is 48.7 Å². The molecule has 14 nitrogen and oxygen atoms in total.